The van der Waals surface area contributed by atoms with Crippen LogP contribution < -0.4 is 10.6 Å². The molecule has 162 valence electrons. The molecular formula is C21H26N8O2. The van der Waals surface area contributed by atoms with Gasteiger partial charge < -0.3 is 20.3 Å². The minimum atomic E-state index is -0.0335. The summed E-state index contributed by atoms with van der Waals surface area (Å²) >= 11 is 0. The number of aromatic nitrogens is 5. The molecule has 2 aliphatic rings. The van der Waals surface area contributed by atoms with Crippen LogP contribution in [0.5, 0.6) is 0 Å². The molecule has 0 aliphatic carbocycles. The first-order valence-electron chi connectivity index (χ1n) is 10.6. The zero-order valence-electron chi connectivity index (χ0n) is 17.8. The van der Waals surface area contributed by atoms with Crippen LogP contribution in [0.4, 0.5) is 11.8 Å². The second-order valence-corrected chi connectivity index (χ2v) is 8.24. The number of amides is 1. The topological polar surface area (TPSA) is 115 Å². The standard InChI is InChI=1S/C21H26N8O2/c1-13(2)20(30)28-4-3-15-17(12-28)29-11-16(14-9-23-21(22)24-10-14)26-18(19(29)25-15)27-5-7-31-8-6-27/h9-11,13H,3-8,12H2,1-2H3,(H2,22,23,24). The molecule has 0 bridgehead atoms. The Kier molecular flexibility index (Phi) is 4.93. The lowest BCUT2D eigenvalue weighted by Gasteiger charge is -2.29. The highest BCUT2D eigenvalue weighted by Gasteiger charge is 2.28. The summed E-state index contributed by atoms with van der Waals surface area (Å²) in [6, 6.07) is 0. The predicted molar refractivity (Wildman–Crippen MR) is 115 cm³/mol. The average Bonchev–Trinajstić information content (AvgIpc) is 3.17. The molecule has 0 saturated carbocycles. The highest BCUT2D eigenvalue weighted by atomic mass is 16.5. The summed E-state index contributed by atoms with van der Waals surface area (Å²) in [5, 5.41) is 0. The second-order valence-electron chi connectivity index (χ2n) is 8.24. The third-order valence-electron chi connectivity index (χ3n) is 5.81. The molecule has 1 amide bonds. The van der Waals surface area contributed by atoms with Gasteiger partial charge in [-0.2, -0.15) is 0 Å². The van der Waals surface area contributed by atoms with E-state index >= 15 is 0 Å². The van der Waals surface area contributed by atoms with Crippen molar-refractivity contribution in [2.75, 3.05) is 43.5 Å². The Morgan fingerprint density at radius 1 is 1.13 bits per heavy atom. The Bertz CT molecular complexity index is 1120. The number of fused-ring (bicyclic) bond motifs is 3. The molecule has 5 rings (SSSR count). The summed E-state index contributed by atoms with van der Waals surface area (Å²) < 4.78 is 7.61. The lowest BCUT2D eigenvalue weighted by atomic mass is 10.1. The van der Waals surface area contributed by atoms with Crippen LogP contribution in [-0.2, 0) is 22.5 Å². The molecular weight excluding hydrogens is 396 g/mol. The van der Waals surface area contributed by atoms with Gasteiger partial charge in [0, 0.05) is 56.1 Å². The van der Waals surface area contributed by atoms with E-state index in [0.29, 0.717) is 26.3 Å². The fourth-order valence-electron chi connectivity index (χ4n) is 4.14. The van der Waals surface area contributed by atoms with Gasteiger partial charge in [-0.3, -0.25) is 9.20 Å². The Morgan fingerprint density at radius 2 is 1.87 bits per heavy atom. The van der Waals surface area contributed by atoms with E-state index in [-0.39, 0.29) is 17.8 Å². The number of carbonyl (C=O) groups is 1. The summed E-state index contributed by atoms with van der Waals surface area (Å²) in [7, 11) is 0. The van der Waals surface area contributed by atoms with Gasteiger partial charge in [-0.1, -0.05) is 13.8 Å². The van der Waals surface area contributed by atoms with Crippen molar-refractivity contribution in [3.05, 3.63) is 30.0 Å². The molecule has 31 heavy (non-hydrogen) atoms. The van der Waals surface area contributed by atoms with Crippen molar-refractivity contribution in [3.63, 3.8) is 0 Å². The van der Waals surface area contributed by atoms with Gasteiger partial charge in [-0.15, -0.1) is 0 Å². The van der Waals surface area contributed by atoms with Crippen molar-refractivity contribution in [2.45, 2.75) is 26.8 Å². The van der Waals surface area contributed by atoms with E-state index in [0.717, 1.165) is 53.6 Å². The maximum Gasteiger partial charge on any atom is 0.225 e. The number of carbonyl (C=O) groups excluding carboxylic acids is 1. The summed E-state index contributed by atoms with van der Waals surface area (Å²) in [6.45, 7) is 7.91. The van der Waals surface area contributed by atoms with Gasteiger partial charge in [0.2, 0.25) is 11.9 Å². The largest absolute Gasteiger partial charge is 0.378 e. The molecule has 5 heterocycles. The molecule has 10 heteroatoms. The maximum absolute atomic E-state index is 12.6. The number of hydrogen-bond donors (Lipinski definition) is 1. The van der Waals surface area contributed by atoms with E-state index in [1.807, 2.05) is 24.9 Å². The number of imidazole rings is 1. The van der Waals surface area contributed by atoms with Gasteiger partial charge >= 0.3 is 0 Å². The number of nitrogen functional groups attached to an aromatic ring is 1. The number of hydrogen-bond acceptors (Lipinski definition) is 8. The second kappa shape index (κ2) is 7.77. The van der Waals surface area contributed by atoms with Crippen LogP contribution >= 0.6 is 0 Å². The molecule has 0 radical (unpaired) electrons. The minimum Gasteiger partial charge on any atom is -0.378 e. The van der Waals surface area contributed by atoms with Crippen LogP contribution in [0.15, 0.2) is 18.6 Å². The van der Waals surface area contributed by atoms with Crippen molar-refractivity contribution < 1.29 is 9.53 Å². The molecule has 3 aromatic rings. The molecule has 1 fully saturated rings. The van der Waals surface area contributed by atoms with Gasteiger partial charge in [0.15, 0.2) is 11.5 Å². The Hall–Kier alpha value is -3.27. The van der Waals surface area contributed by atoms with Crippen molar-refractivity contribution >= 4 is 23.3 Å². The average molecular weight is 422 g/mol. The highest BCUT2D eigenvalue weighted by molar-refractivity contribution is 5.78. The molecule has 0 atom stereocenters. The number of nitrogens with zero attached hydrogens (tertiary/aromatic N) is 7. The molecule has 2 N–H and O–H groups in total. The molecule has 1 saturated heterocycles. The first-order valence-corrected chi connectivity index (χ1v) is 10.6. The molecule has 0 aromatic carbocycles. The smallest absolute Gasteiger partial charge is 0.225 e. The fraction of sp³-hybridized carbons (Fsp3) is 0.476. The highest BCUT2D eigenvalue weighted by Crippen LogP contribution is 2.30. The van der Waals surface area contributed by atoms with Crippen LogP contribution in [0.2, 0.25) is 0 Å². The quantitative estimate of drug-likeness (QED) is 0.668. The van der Waals surface area contributed by atoms with Gasteiger partial charge in [-0.25, -0.2) is 19.9 Å². The van der Waals surface area contributed by atoms with Crippen LogP contribution in [0.25, 0.3) is 16.9 Å². The zero-order valence-corrected chi connectivity index (χ0v) is 17.8. The third kappa shape index (κ3) is 3.56. The predicted octanol–water partition coefficient (Wildman–Crippen LogP) is 1.15. The first-order chi connectivity index (χ1) is 15.0. The lowest BCUT2D eigenvalue weighted by molar-refractivity contribution is -0.135. The van der Waals surface area contributed by atoms with E-state index in [1.54, 1.807) is 12.4 Å². The normalized spacial score (nSPS) is 16.7. The summed E-state index contributed by atoms with van der Waals surface area (Å²) in [5.41, 5.74) is 10.0. The lowest BCUT2D eigenvalue weighted by Crippen LogP contribution is -2.38. The number of ether oxygens (including phenoxy) is 1. The fourth-order valence-corrected chi connectivity index (χ4v) is 4.14. The zero-order chi connectivity index (χ0) is 21.5. The van der Waals surface area contributed by atoms with Crippen LogP contribution in [0.1, 0.15) is 25.2 Å². The van der Waals surface area contributed by atoms with E-state index in [4.69, 9.17) is 20.4 Å². The molecule has 2 aliphatic heterocycles. The SMILES string of the molecule is CC(C)C(=O)N1CCc2nc3c(N4CCOCC4)nc(-c4cnc(N)nc4)cn3c2C1. The Balaban J connectivity index is 1.65. The number of nitrogens with two attached hydrogens (primary N) is 1. The molecule has 0 unspecified atom stereocenters. The van der Waals surface area contributed by atoms with Crippen molar-refractivity contribution in [1.29, 1.82) is 0 Å². The van der Waals surface area contributed by atoms with E-state index < -0.39 is 0 Å². The summed E-state index contributed by atoms with van der Waals surface area (Å²) in [6.07, 6.45) is 6.05. The Morgan fingerprint density at radius 3 is 2.58 bits per heavy atom. The molecule has 0 spiro atoms. The van der Waals surface area contributed by atoms with Gasteiger partial charge in [-0.05, 0) is 0 Å². The number of morpholine rings is 1. The number of rotatable bonds is 3. The van der Waals surface area contributed by atoms with Gasteiger partial charge in [0.25, 0.3) is 0 Å². The van der Waals surface area contributed by atoms with E-state index in [9.17, 15) is 4.79 Å². The first kappa shape index (κ1) is 19.7. The van der Waals surface area contributed by atoms with Crippen molar-refractivity contribution in [3.8, 4) is 11.3 Å². The molecule has 10 nitrogen and oxygen atoms in total. The maximum atomic E-state index is 12.6. The van der Waals surface area contributed by atoms with Gasteiger partial charge in [0.1, 0.15) is 0 Å². The van der Waals surface area contributed by atoms with E-state index in [2.05, 4.69) is 19.3 Å². The van der Waals surface area contributed by atoms with Crippen LogP contribution in [-0.4, -0.2) is 68.0 Å². The van der Waals surface area contributed by atoms with Crippen molar-refractivity contribution in [1.82, 2.24) is 29.2 Å². The minimum absolute atomic E-state index is 0.0335. The molecule has 3 aromatic heterocycles. The number of anilines is 2. The van der Waals surface area contributed by atoms with Crippen LogP contribution in [0, 0.1) is 5.92 Å². The summed E-state index contributed by atoms with van der Waals surface area (Å²) in [4.78, 5) is 34.9. The Labute approximate surface area is 180 Å². The van der Waals surface area contributed by atoms with E-state index in [1.165, 1.54) is 0 Å². The van der Waals surface area contributed by atoms with Gasteiger partial charge in [0.05, 0.1) is 36.8 Å². The van der Waals surface area contributed by atoms with Crippen LogP contribution in [0.3, 0.4) is 0 Å². The van der Waals surface area contributed by atoms with Crippen molar-refractivity contribution in [2.24, 2.45) is 5.92 Å². The third-order valence-corrected chi connectivity index (χ3v) is 5.81. The monoisotopic (exact) mass is 422 g/mol. The summed E-state index contributed by atoms with van der Waals surface area (Å²) in [5.74, 6) is 1.17.